The molecule has 1 fully saturated rings. The van der Waals surface area contributed by atoms with Gasteiger partial charge >= 0.3 is 0 Å². The van der Waals surface area contributed by atoms with E-state index in [2.05, 4.69) is 86.1 Å². The summed E-state index contributed by atoms with van der Waals surface area (Å²) in [6.45, 7) is 27.2. The second-order valence-corrected chi connectivity index (χ2v) is 21.7. The Kier molecular flexibility index (Phi) is 6.81. The second kappa shape index (κ2) is 7.32. The molecule has 3 nitrogen and oxygen atoms in total. The molecule has 0 radical (unpaired) electrons. The van der Waals surface area contributed by atoms with E-state index in [0.29, 0.717) is 5.91 Å². The molecule has 6 heteroatoms. The highest BCUT2D eigenvalue weighted by molar-refractivity contribution is 8.00. The van der Waals surface area contributed by atoms with Crippen LogP contribution in [-0.4, -0.2) is 44.3 Å². The van der Waals surface area contributed by atoms with Crippen molar-refractivity contribution in [2.24, 2.45) is 5.92 Å². The third kappa shape index (κ3) is 4.38. The maximum atomic E-state index is 13.2. The fourth-order valence-corrected chi connectivity index (χ4v) is 8.74. The van der Waals surface area contributed by atoms with E-state index in [1.807, 2.05) is 11.8 Å². The Labute approximate surface area is 162 Å². The largest absolute Gasteiger partial charge is 0.413 e. The topological polar surface area (TPSA) is 29.5 Å². The number of thioether (sulfide) groups is 1. The van der Waals surface area contributed by atoms with Gasteiger partial charge in [-0.05, 0) is 35.8 Å². The number of nitrogens with zero attached hydrogens (tertiary/aromatic N) is 1. The van der Waals surface area contributed by atoms with Gasteiger partial charge in [-0.25, -0.2) is 0 Å². The predicted octanol–water partition coefficient (Wildman–Crippen LogP) is 5.94. The molecule has 1 saturated heterocycles. The third-order valence-electron chi connectivity index (χ3n) is 6.65. The van der Waals surface area contributed by atoms with Crippen molar-refractivity contribution in [1.82, 2.24) is 4.57 Å². The number of carbonyl (C=O) groups is 1. The van der Waals surface area contributed by atoms with Gasteiger partial charge < -0.3 is 8.99 Å². The second-order valence-electron chi connectivity index (χ2n) is 10.5. The molecule has 0 aromatic rings. The number of hydrogen-bond acceptors (Lipinski definition) is 3. The van der Waals surface area contributed by atoms with E-state index in [-0.39, 0.29) is 27.5 Å². The molecular weight excluding hydrogens is 362 g/mol. The summed E-state index contributed by atoms with van der Waals surface area (Å²) < 4.78 is 8.85. The van der Waals surface area contributed by atoms with Crippen molar-refractivity contribution in [3.8, 4) is 0 Å². The lowest BCUT2D eigenvalue weighted by Crippen LogP contribution is -2.74. The lowest BCUT2D eigenvalue weighted by atomic mass is 9.96. The van der Waals surface area contributed by atoms with Crippen molar-refractivity contribution in [1.29, 1.82) is 0 Å². The summed E-state index contributed by atoms with van der Waals surface area (Å²) in [5.41, 5.74) is 0. The smallest absolute Gasteiger partial charge is 0.224 e. The van der Waals surface area contributed by atoms with E-state index in [4.69, 9.17) is 4.43 Å². The molecule has 1 aliphatic heterocycles. The fraction of sp³-hybridized carbons (Fsp3) is 0.947. The number of β-lactam (4-membered cyclic amide) rings is 1. The van der Waals surface area contributed by atoms with Crippen LogP contribution in [-0.2, 0) is 9.22 Å². The van der Waals surface area contributed by atoms with Gasteiger partial charge in [-0.15, -0.1) is 11.8 Å². The monoisotopic (exact) mass is 403 g/mol. The Morgan fingerprint density at radius 2 is 1.56 bits per heavy atom. The molecule has 25 heavy (non-hydrogen) atoms. The van der Waals surface area contributed by atoms with Gasteiger partial charge in [0.05, 0.1) is 17.4 Å². The van der Waals surface area contributed by atoms with Crippen molar-refractivity contribution in [2.75, 3.05) is 5.75 Å². The summed E-state index contributed by atoms with van der Waals surface area (Å²) in [5, 5.41) is 0.614. The first-order chi connectivity index (χ1) is 11.0. The van der Waals surface area contributed by atoms with Gasteiger partial charge in [0.1, 0.15) is 0 Å². The van der Waals surface area contributed by atoms with Gasteiger partial charge in [-0.3, -0.25) is 4.79 Å². The molecule has 0 N–H and O–H groups in total. The summed E-state index contributed by atoms with van der Waals surface area (Å²) >= 11 is 1.92. The highest BCUT2D eigenvalue weighted by atomic mass is 32.2. The SMILES string of the molecule is CCSC1C(C(C)O[Si](C)(C)C(C)(C)C)C(=O)N1[Si](C)(C)C(C)(C)C. The average Bonchev–Trinajstić information content (AvgIpc) is 2.34. The van der Waals surface area contributed by atoms with Crippen molar-refractivity contribution in [2.45, 2.75) is 103 Å². The van der Waals surface area contributed by atoms with Crippen molar-refractivity contribution >= 4 is 34.2 Å². The van der Waals surface area contributed by atoms with Crippen LogP contribution in [0.15, 0.2) is 0 Å². The number of amides is 1. The van der Waals surface area contributed by atoms with Crippen LogP contribution in [0.25, 0.3) is 0 Å². The summed E-state index contributed by atoms with van der Waals surface area (Å²) in [4.78, 5) is 13.2. The van der Waals surface area contributed by atoms with Gasteiger partial charge in [0, 0.05) is 0 Å². The Morgan fingerprint density at radius 3 is 1.92 bits per heavy atom. The first kappa shape index (κ1) is 23.3. The van der Waals surface area contributed by atoms with E-state index in [1.54, 1.807) is 0 Å². The van der Waals surface area contributed by atoms with Crippen LogP contribution in [0, 0.1) is 5.92 Å². The van der Waals surface area contributed by atoms with Crippen LogP contribution < -0.4 is 0 Å². The average molecular weight is 404 g/mol. The molecule has 3 atom stereocenters. The summed E-state index contributed by atoms with van der Waals surface area (Å²) in [6, 6.07) is 0. The molecule has 0 saturated carbocycles. The molecule has 0 spiro atoms. The molecule has 1 aliphatic rings. The van der Waals surface area contributed by atoms with Crippen LogP contribution in [0.4, 0.5) is 0 Å². The van der Waals surface area contributed by atoms with Gasteiger partial charge in [0.2, 0.25) is 5.91 Å². The maximum Gasteiger partial charge on any atom is 0.224 e. The first-order valence-electron chi connectivity index (χ1n) is 9.61. The predicted molar refractivity (Wildman–Crippen MR) is 117 cm³/mol. The number of carbonyl (C=O) groups excluding carboxylic acids is 1. The van der Waals surface area contributed by atoms with Gasteiger partial charge in [-0.1, -0.05) is 61.6 Å². The van der Waals surface area contributed by atoms with Gasteiger partial charge in [-0.2, -0.15) is 0 Å². The lowest BCUT2D eigenvalue weighted by Gasteiger charge is -2.59. The summed E-state index contributed by atoms with van der Waals surface area (Å²) in [7, 11) is -3.72. The zero-order valence-electron chi connectivity index (χ0n) is 18.6. The van der Waals surface area contributed by atoms with Gasteiger partial charge in [0.25, 0.3) is 0 Å². The highest BCUT2D eigenvalue weighted by Crippen LogP contribution is 2.49. The molecule has 1 amide bonds. The van der Waals surface area contributed by atoms with E-state index in [9.17, 15) is 4.79 Å². The van der Waals surface area contributed by atoms with E-state index in [0.717, 1.165) is 5.75 Å². The van der Waals surface area contributed by atoms with Crippen LogP contribution >= 0.6 is 11.8 Å². The fourth-order valence-electron chi connectivity index (χ4n) is 2.94. The van der Waals surface area contributed by atoms with Crippen LogP contribution in [0.3, 0.4) is 0 Å². The lowest BCUT2D eigenvalue weighted by molar-refractivity contribution is -0.148. The molecule has 3 unspecified atom stereocenters. The molecule has 0 bridgehead atoms. The molecule has 0 aromatic carbocycles. The maximum absolute atomic E-state index is 13.2. The molecule has 1 heterocycles. The molecule has 0 aromatic heterocycles. The van der Waals surface area contributed by atoms with Crippen molar-refractivity contribution in [3.05, 3.63) is 0 Å². The number of rotatable bonds is 6. The van der Waals surface area contributed by atoms with Crippen LogP contribution in [0.1, 0.15) is 55.4 Å². The Hall–Kier alpha value is 0.214. The van der Waals surface area contributed by atoms with Crippen molar-refractivity contribution in [3.63, 3.8) is 0 Å². The number of hydrogen-bond donors (Lipinski definition) is 0. The minimum atomic E-state index is -1.87. The highest BCUT2D eigenvalue weighted by Gasteiger charge is 2.59. The minimum absolute atomic E-state index is 0.00143. The molecule has 0 aliphatic carbocycles. The van der Waals surface area contributed by atoms with Crippen LogP contribution in [0.2, 0.25) is 36.3 Å². The first-order valence-corrected chi connectivity index (χ1v) is 16.5. The van der Waals surface area contributed by atoms with Crippen LogP contribution in [0.5, 0.6) is 0 Å². The third-order valence-corrected chi connectivity index (χ3v) is 18.0. The quantitative estimate of drug-likeness (QED) is 0.406. The summed E-state index contributed by atoms with van der Waals surface area (Å²) in [6.07, 6.45) is -0.00143. The van der Waals surface area contributed by atoms with E-state index >= 15 is 0 Å². The Balaban J connectivity index is 3.05. The Bertz CT molecular complexity index is 495. The minimum Gasteiger partial charge on any atom is -0.413 e. The standard InChI is InChI=1S/C19H41NO2SSi2/c1-13-23-17-15(14(2)22-25(11,12)19(6,7)8)16(21)20(17)24(9,10)18(3,4)5/h14-15,17H,13H2,1-12H3. The molecular formula is C19H41NO2SSi2. The zero-order valence-corrected chi connectivity index (χ0v) is 21.4. The van der Waals surface area contributed by atoms with E-state index in [1.165, 1.54) is 0 Å². The molecule has 148 valence electrons. The Morgan fingerprint density at radius 1 is 1.08 bits per heavy atom. The zero-order chi connectivity index (χ0) is 20.0. The molecule has 1 rings (SSSR count). The normalized spacial score (nSPS) is 24.3. The summed E-state index contributed by atoms with van der Waals surface area (Å²) in [5.74, 6) is 1.36. The van der Waals surface area contributed by atoms with E-state index < -0.39 is 16.6 Å². The van der Waals surface area contributed by atoms with Gasteiger partial charge in [0.15, 0.2) is 16.6 Å². The van der Waals surface area contributed by atoms with Crippen molar-refractivity contribution < 1.29 is 9.22 Å².